The van der Waals surface area contributed by atoms with Gasteiger partial charge in [-0.15, -0.1) is 17.2 Å². The van der Waals surface area contributed by atoms with Crippen molar-refractivity contribution in [3.05, 3.63) is 71.8 Å². The number of benzene rings is 2. The molecule has 1 N–H and O–H groups in total. The van der Waals surface area contributed by atoms with Gasteiger partial charge < -0.3 is 14.8 Å². The van der Waals surface area contributed by atoms with Crippen LogP contribution >= 0.6 is 17.2 Å². The molecule has 2 aliphatic heterocycles. The molecule has 2 aromatic carbocycles. The summed E-state index contributed by atoms with van der Waals surface area (Å²) in [6.07, 6.45) is 2.51. The lowest BCUT2D eigenvalue weighted by molar-refractivity contribution is -0.0693. The Morgan fingerprint density at radius 3 is 1.56 bits per heavy atom. The molecular weight excluding hydrogens is 464 g/mol. The molecule has 2 saturated carbocycles. The maximum absolute atomic E-state index is 13.3. The summed E-state index contributed by atoms with van der Waals surface area (Å²) in [6, 6.07) is 19.3. The Hall–Kier alpha value is -1.80. The zero-order valence-electron chi connectivity index (χ0n) is 19.5. The van der Waals surface area contributed by atoms with E-state index in [-0.39, 0.29) is 22.3 Å². The van der Waals surface area contributed by atoms with Crippen LogP contribution < -0.4 is 5.32 Å². The minimum Gasteiger partial charge on any atom is -0.454 e. The highest BCUT2D eigenvalue weighted by atomic mass is 31.1. The fraction of sp³-hybridized carbons (Fsp3) is 0.481. The van der Waals surface area contributed by atoms with Gasteiger partial charge >= 0.3 is 11.9 Å². The lowest BCUT2D eigenvalue weighted by atomic mass is 9.68. The predicted octanol–water partition coefficient (Wildman–Crippen LogP) is 4.32. The van der Waals surface area contributed by atoms with Crippen LogP contribution in [-0.2, 0) is 9.47 Å². The zero-order valence-corrected chi connectivity index (χ0v) is 21.5. The molecule has 7 heteroatoms. The first-order chi connectivity index (χ1) is 16.5. The second-order valence-electron chi connectivity index (χ2n) is 10.1. The first-order valence-electron chi connectivity index (χ1n) is 12.2. The first-order valence-corrected chi connectivity index (χ1v) is 15.2. The van der Waals surface area contributed by atoms with Gasteiger partial charge in [0.25, 0.3) is 0 Å². The Morgan fingerprint density at radius 2 is 1.18 bits per heavy atom. The average molecular weight is 495 g/mol. The van der Waals surface area contributed by atoms with Gasteiger partial charge in [0.15, 0.2) is 0 Å². The van der Waals surface area contributed by atoms with Gasteiger partial charge in [-0.25, -0.2) is 9.59 Å². The maximum atomic E-state index is 13.3. The highest BCUT2D eigenvalue weighted by molar-refractivity contribution is 7.41. The Morgan fingerprint density at radius 1 is 0.765 bits per heavy atom. The van der Waals surface area contributed by atoms with Crippen molar-refractivity contribution >= 4 is 29.1 Å². The molecule has 0 aromatic heterocycles. The van der Waals surface area contributed by atoms with E-state index in [1.54, 1.807) is 24.3 Å². The Kier molecular flexibility index (Phi) is 5.60. The topological polar surface area (TPSA) is 64.6 Å². The standard InChI is InChI=1S/C27H31NO4P2/c1-33-26-15-27(34-2,21-19-14-13-18(28-19)20(21)26)23(32-25(30)17-11-7-4-8-12-17)22(26)31-24(29)16-9-5-3-6-10-16/h3-12,18-23,28,33-34H,13-15H2,1-2H3. The molecule has 10 unspecified atom stereocenters. The van der Waals surface area contributed by atoms with Crippen molar-refractivity contribution in [1.82, 2.24) is 5.32 Å². The molecule has 0 spiro atoms. The SMILES string of the molecule is CPC12CC(PC)(C(OC(=O)c3ccccc3)C1OC(=O)c1ccccc1)C1C3CCC(N3)C12. The van der Waals surface area contributed by atoms with Gasteiger partial charge in [-0.3, -0.25) is 0 Å². The molecule has 4 aliphatic rings. The van der Waals surface area contributed by atoms with E-state index in [9.17, 15) is 9.59 Å². The molecule has 6 rings (SSSR count). The number of rotatable bonds is 6. The Labute approximate surface area is 204 Å². The molecule has 10 atom stereocenters. The third kappa shape index (κ3) is 3.10. The number of hydrogen-bond donors (Lipinski definition) is 1. The molecule has 2 aliphatic carbocycles. The monoisotopic (exact) mass is 495 g/mol. The summed E-state index contributed by atoms with van der Waals surface area (Å²) in [6.45, 7) is 4.51. The number of ether oxygens (including phenoxy) is 2. The number of esters is 2. The zero-order chi connectivity index (χ0) is 23.5. The van der Waals surface area contributed by atoms with Crippen molar-refractivity contribution in [3.63, 3.8) is 0 Å². The molecule has 178 valence electrons. The van der Waals surface area contributed by atoms with Crippen LogP contribution in [0.3, 0.4) is 0 Å². The van der Waals surface area contributed by atoms with Crippen LogP contribution in [-0.4, -0.2) is 59.9 Å². The van der Waals surface area contributed by atoms with Crippen LogP contribution in [0.4, 0.5) is 0 Å². The van der Waals surface area contributed by atoms with Crippen LogP contribution in [0.5, 0.6) is 0 Å². The summed E-state index contributed by atoms with van der Waals surface area (Å²) in [7, 11) is 1.22. The van der Waals surface area contributed by atoms with Crippen molar-refractivity contribution in [1.29, 1.82) is 0 Å². The summed E-state index contributed by atoms with van der Waals surface area (Å²) in [5.74, 6) is 0.308. The summed E-state index contributed by atoms with van der Waals surface area (Å²) >= 11 is 0. The fourth-order valence-electron chi connectivity index (χ4n) is 7.71. The van der Waals surface area contributed by atoms with Crippen molar-refractivity contribution in [2.75, 3.05) is 13.3 Å². The van der Waals surface area contributed by atoms with E-state index in [2.05, 4.69) is 18.6 Å². The quantitative estimate of drug-likeness (QED) is 0.478. The Bertz CT molecular complexity index is 1010. The van der Waals surface area contributed by atoms with E-state index in [1.807, 2.05) is 36.4 Å². The molecule has 2 aromatic rings. The fourth-order valence-corrected chi connectivity index (χ4v) is 11.2. The number of hydrogen-bond acceptors (Lipinski definition) is 5. The molecule has 5 nitrogen and oxygen atoms in total. The van der Waals surface area contributed by atoms with Gasteiger partial charge in [0, 0.05) is 22.4 Å². The van der Waals surface area contributed by atoms with E-state index >= 15 is 0 Å². The lowest BCUT2D eigenvalue weighted by Crippen LogP contribution is -2.60. The second kappa shape index (κ2) is 8.40. The van der Waals surface area contributed by atoms with Gasteiger partial charge in [0.05, 0.1) is 11.1 Å². The molecule has 0 radical (unpaired) electrons. The summed E-state index contributed by atoms with van der Waals surface area (Å²) < 4.78 is 12.8. The predicted molar refractivity (Wildman–Crippen MR) is 137 cm³/mol. The summed E-state index contributed by atoms with van der Waals surface area (Å²) in [5, 5.41) is 3.60. The van der Waals surface area contributed by atoms with Crippen molar-refractivity contribution in [2.45, 2.75) is 53.9 Å². The summed E-state index contributed by atoms with van der Waals surface area (Å²) in [4.78, 5) is 26.6. The van der Waals surface area contributed by atoms with Gasteiger partial charge in [0.2, 0.25) is 0 Å². The molecular formula is C27H31NO4P2. The smallest absolute Gasteiger partial charge is 0.338 e. The van der Waals surface area contributed by atoms with Crippen molar-refractivity contribution in [2.24, 2.45) is 11.8 Å². The van der Waals surface area contributed by atoms with Gasteiger partial charge in [-0.1, -0.05) is 36.4 Å². The minimum atomic E-state index is -0.425. The lowest BCUT2D eigenvalue weighted by Gasteiger charge is -2.50. The molecule has 4 fully saturated rings. The van der Waals surface area contributed by atoms with Gasteiger partial charge in [0.1, 0.15) is 12.2 Å². The maximum Gasteiger partial charge on any atom is 0.338 e. The van der Waals surface area contributed by atoms with E-state index < -0.39 is 12.2 Å². The van der Waals surface area contributed by atoms with Crippen molar-refractivity contribution < 1.29 is 19.1 Å². The normalized spacial score (nSPS) is 39.8. The van der Waals surface area contributed by atoms with Gasteiger partial charge in [-0.05, 0) is 68.7 Å². The van der Waals surface area contributed by atoms with E-state index in [0.29, 0.717) is 52.2 Å². The molecule has 34 heavy (non-hydrogen) atoms. The number of fused-ring (bicyclic) bond motifs is 9. The van der Waals surface area contributed by atoms with Crippen LogP contribution in [0.2, 0.25) is 0 Å². The third-order valence-electron chi connectivity index (χ3n) is 8.95. The first kappa shape index (κ1) is 22.7. The summed E-state index contributed by atoms with van der Waals surface area (Å²) in [5.41, 5.74) is 1.09. The molecule has 0 amide bonds. The Balaban J connectivity index is 1.41. The molecule has 2 heterocycles. The highest BCUT2D eigenvalue weighted by Gasteiger charge is 2.80. The van der Waals surface area contributed by atoms with E-state index in [4.69, 9.17) is 9.47 Å². The molecule has 2 saturated heterocycles. The van der Waals surface area contributed by atoms with Crippen molar-refractivity contribution in [3.8, 4) is 0 Å². The molecule has 4 bridgehead atoms. The number of nitrogens with one attached hydrogen (secondary N) is 1. The largest absolute Gasteiger partial charge is 0.454 e. The van der Waals surface area contributed by atoms with Crippen LogP contribution in [0, 0.1) is 11.8 Å². The number of carbonyl (C=O) groups excluding carboxylic acids is 2. The average Bonchev–Trinajstić information content (AvgIpc) is 3.63. The third-order valence-corrected chi connectivity index (χ3v) is 12.4. The van der Waals surface area contributed by atoms with Crippen LogP contribution in [0.25, 0.3) is 0 Å². The van der Waals surface area contributed by atoms with E-state index in [1.165, 1.54) is 12.8 Å². The second-order valence-corrected chi connectivity index (χ2v) is 13.0. The van der Waals surface area contributed by atoms with Gasteiger partial charge in [-0.2, -0.15) is 0 Å². The van der Waals surface area contributed by atoms with Crippen LogP contribution in [0.1, 0.15) is 40.0 Å². The van der Waals surface area contributed by atoms with E-state index in [0.717, 1.165) is 6.42 Å². The number of carbonyl (C=O) groups is 2. The minimum absolute atomic E-state index is 0.146. The van der Waals surface area contributed by atoms with Crippen LogP contribution in [0.15, 0.2) is 60.7 Å². The highest BCUT2D eigenvalue weighted by Crippen LogP contribution is 2.75.